The predicted octanol–water partition coefficient (Wildman–Crippen LogP) is 5.30. The maximum absolute atomic E-state index is 16.8. The van der Waals surface area contributed by atoms with Gasteiger partial charge in [0.25, 0.3) is 0 Å². The van der Waals surface area contributed by atoms with Crippen molar-refractivity contribution in [3.05, 3.63) is 89.0 Å². The van der Waals surface area contributed by atoms with E-state index in [-0.39, 0.29) is 31.4 Å². The number of ether oxygens (including phenoxy) is 3. The summed E-state index contributed by atoms with van der Waals surface area (Å²) < 4.78 is 60.3. The standard InChI is InChI=1S/C32H44FN4O8P/c1-22(2)44-30(38)24(4)36-46(40,45-26-15-11-8-12-16-26)43-19-23(3)32(5,21-42-20-25-13-9-7-10-14-25)28(33)29(41-6)37-18-17-27(34)35-31(37)39/h7-18,22-24,28-29H,19-21H2,1-6H3,(H,36,40)(H2,34,35,39)/t23?,24-,28?,29?,32-,46?/m0/s1. The van der Waals surface area contributed by atoms with Crippen molar-refractivity contribution < 1.29 is 37.0 Å². The quantitative estimate of drug-likeness (QED) is 0.135. The molecule has 0 saturated carbocycles. The summed E-state index contributed by atoms with van der Waals surface area (Å²) in [5.41, 5.74) is 4.33. The summed E-state index contributed by atoms with van der Waals surface area (Å²) >= 11 is 0. The number of methoxy groups -OCH3 is 1. The Hall–Kier alpha value is -3.61. The molecule has 3 aromatic rings. The summed E-state index contributed by atoms with van der Waals surface area (Å²) in [7, 11) is -2.97. The number of nitrogens with zero attached hydrogens (tertiary/aromatic N) is 2. The smallest absolute Gasteiger partial charge is 0.459 e. The minimum absolute atomic E-state index is 0.0181. The molecule has 0 aliphatic rings. The Morgan fingerprint density at radius 1 is 1.07 bits per heavy atom. The molecule has 4 unspecified atom stereocenters. The molecule has 1 heterocycles. The van der Waals surface area contributed by atoms with Crippen molar-refractivity contribution in [1.29, 1.82) is 0 Å². The SMILES string of the molecule is COC(C(F)[C@@](C)(COCc1ccccc1)C(C)COP(=O)(N[C@@H](C)C(=O)OC(C)C)Oc1ccccc1)n1ccc(N)nc1=O. The van der Waals surface area contributed by atoms with Crippen molar-refractivity contribution in [1.82, 2.24) is 14.6 Å². The first kappa shape index (κ1) is 36.9. The van der Waals surface area contributed by atoms with Gasteiger partial charge in [-0.15, -0.1) is 0 Å². The van der Waals surface area contributed by atoms with E-state index >= 15 is 4.39 Å². The lowest BCUT2D eigenvalue weighted by molar-refractivity contribution is -0.149. The van der Waals surface area contributed by atoms with Crippen molar-refractivity contribution in [2.75, 3.05) is 26.1 Å². The predicted molar refractivity (Wildman–Crippen MR) is 172 cm³/mol. The first-order chi connectivity index (χ1) is 21.8. The van der Waals surface area contributed by atoms with Crippen molar-refractivity contribution in [2.45, 2.75) is 65.8 Å². The molecule has 0 aliphatic heterocycles. The van der Waals surface area contributed by atoms with Gasteiger partial charge < -0.3 is 24.5 Å². The second kappa shape index (κ2) is 16.8. The van der Waals surface area contributed by atoms with Gasteiger partial charge in [-0.05, 0) is 50.5 Å². The average molecular weight is 663 g/mol. The van der Waals surface area contributed by atoms with Crippen molar-refractivity contribution >= 4 is 19.5 Å². The number of para-hydroxylation sites is 1. The molecule has 46 heavy (non-hydrogen) atoms. The number of nitrogens with one attached hydrogen (secondary N) is 1. The van der Waals surface area contributed by atoms with E-state index in [0.29, 0.717) is 0 Å². The van der Waals surface area contributed by atoms with Crippen LogP contribution in [0.4, 0.5) is 10.2 Å². The highest BCUT2D eigenvalue weighted by Crippen LogP contribution is 2.47. The van der Waals surface area contributed by atoms with Gasteiger partial charge in [0, 0.05) is 18.7 Å². The van der Waals surface area contributed by atoms with E-state index in [1.807, 2.05) is 30.3 Å². The Labute approximate surface area is 268 Å². The molecule has 0 radical (unpaired) electrons. The number of rotatable bonds is 18. The van der Waals surface area contributed by atoms with E-state index in [4.69, 9.17) is 29.0 Å². The van der Waals surface area contributed by atoms with Crippen molar-refractivity contribution in [3.63, 3.8) is 0 Å². The Morgan fingerprint density at radius 2 is 1.70 bits per heavy atom. The number of carbonyl (C=O) groups excluding carboxylic acids is 1. The fourth-order valence-corrected chi connectivity index (χ4v) is 6.09. The molecule has 0 fully saturated rings. The molecule has 6 atom stereocenters. The molecular formula is C32H44FN4O8P. The summed E-state index contributed by atoms with van der Waals surface area (Å²) in [6.07, 6.45) is -2.37. The van der Waals surface area contributed by atoms with Crippen LogP contribution in [0, 0.1) is 11.3 Å². The maximum atomic E-state index is 16.8. The second-order valence-electron chi connectivity index (χ2n) is 11.5. The van der Waals surface area contributed by atoms with Crippen LogP contribution in [0.25, 0.3) is 0 Å². The molecule has 2 aromatic carbocycles. The molecule has 0 bridgehead atoms. The van der Waals surface area contributed by atoms with Gasteiger partial charge in [0.2, 0.25) is 0 Å². The topological polar surface area (TPSA) is 153 Å². The molecule has 3 N–H and O–H groups in total. The highest BCUT2D eigenvalue weighted by Gasteiger charge is 2.47. The van der Waals surface area contributed by atoms with Crippen LogP contribution in [0.2, 0.25) is 0 Å². The van der Waals surface area contributed by atoms with Crippen LogP contribution < -0.4 is 21.0 Å². The number of alkyl halides is 1. The number of nitrogens with two attached hydrogens (primary N) is 1. The molecule has 0 amide bonds. The molecular weight excluding hydrogens is 618 g/mol. The van der Waals surface area contributed by atoms with E-state index < -0.39 is 55.3 Å². The lowest BCUT2D eigenvalue weighted by atomic mass is 9.74. The molecule has 3 rings (SSSR count). The summed E-state index contributed by atoms with van der Waals surface area (Å²) in [5.74, 6) is -1.17. The minimum Gasteiger partial charge on any atom is -0.462 e. The van der Waals surface area contributed by atoms with Crippen LogP contribution >= 0.6 is 7.75 Å². The normalized spacial score (nSPS) is 16.9. The number of anilines is 1. The van der Waals surface area contributed by atoms with E-state index in [1.54, 1.807) is 58.0 Å². The van der Waals surface area contributed by atoms with E-state index in [0.717, 1.165) is 10.1 Å². The highest BCUT2D eigenvalue weighted by molar-refractivity contribution is 7.52. The maximum Gasteiger partial charge on any atom is 0.459 e. The summed E-state index contributed by atoms with van der Waals surface area (Å²) in [4.78, 5) is 28.9. The number of hydrogen-bond donors (Lipinski definition) is 2. The van der Waals surface area contributed by atoms with E-state index in [2.05, 4.69) is 10.1 Å². The molecule has 12 nitrogen and oxygen atoms in total. The Balaban J connectivity index is 1.90. The zero-order valence-electron chi connectivity index (χ0n) is 27.0. The molecule has 1 aromatic heterocycles. The number of aromatic nitrogens is 2. The summed E-state index contributed by atoms with van der Waals surface area (Å²) in [5, 5.41) is 2.64. The van der Waals surface area contributed by atoms with Gasteiger partial charge in [-0.2, -0.15) is 10.1 Å². The Morgan fingerprint density at radius 3 is 2.28 bits per heavy atom. The average Bonchev–Trinajstić information content (AvgIpc) is 3.01. The third kappa shape index (κ3) is 10.2. The molecule has 0 aliphatic carbocycles. The van der Waals surface area contributed by atoms with Gasteiger partial charge in [0.1, 0.15) is 17.6 Å². The Kier molecular flexibility index (Phi) is 13.5. The third-order valence-corrected chi connectivity index (χ3v) is 9.06. The van der Waals surface area contributed by atoms with Gasteiger partial charge in [-0.3, -0.25) is 13.9 Å². The fourth-order valence-electron chi connectivity index (χ4n) is 4.51. The van der Waals surface area contributed by atoms with Gasteiger partial charge in [0.15, 0.2) is 12.4 Å². The lowest BCUT2D eigenvalue weighted by Gasteiger charge is -2.41. The molecule has 0 saturated heterocycles. The Bertz CT molecular complexity index is 1500. The summed E-state index contributed by atoms with van der Waals surface area (Å²) in [6, 6.07) is 18.0. The monoisotopic (exact) mass is 662 g/mol. The van der Waals surface area contributed by atoms with Crippen molar-refractivity contribution in [2.24, 2.45) is 11.3 Å². The van der Waals surface area contributed by atoms with E-state index in [9.17, 15) is 14.2 Å². The lowest BCUT2D eigenvalue weighted by Crippen LogP contribution is -2.48. The van der Waals surface area contributed by atoms with Gasteiger partial charge in [0.05, 0.1) is 25.9 Å². The zero-order valence-corrected chi connectivity index (χ0v) is 27.9. The highest BCUT2D eigenvalue weighted by atomic mass is 31.2. The number of hydrogen-bond acceptors (Lipinski definition) is 10. The first-order valence-electron chi connectivity index (χ1n) is 14.9. The molecule has 252 valence electrons. The van der Waals surface area contributed by atoms with Crippen LogP contribution in [0.5, 0.6) is 5.75 Å². The largest absolute Gasteiger partial charge is 0.462 e. The molecule has 14 heteroatoms. The fraction of sp³-hybridized carbons (Fsp3) is 0.469. The minimum atomic E-state index is -4.25. The zero-order chi connectivity index (χ0) is 33.9. The van der Waals surface area contributed by atoms with Crippen LogP contribution in [0.1, 0.15) is 46.4 Å². The number of carbonyl (C=O) groups is 1. The van der Waals surface area contributed by atoms with Crippen LogP contribution in [0.3, 0.4) is 0 Å². The number of esters is 1. The molecule has 0 spiro atoms. The van der Waals surface area contributed by atoms with Gasteiger partial charge in [-0.25, -0.2) is 13.8 Å². The van der Waals surface area contributed by atoms with Gasteiger partial charge in [-0.1, -0.05) is 62.4 Å². The third-order valence-electron chi connectivity index (χ3n) is 7.42. The number of nitrogen functional groups attached to an aromatic ring is 1. The first-order valence-corrected chi connectivity index (χ1v) is 16.4. The van der Waals surface area contributed by atoms with Crippen LogP contribution in [-0.4, -0.2) is 54.2 Å². The number of benzene rings is 2. The van der Waals surface area contributed by atoms with Crippen LogP contribution in [-0.2, 0) is 34.7 Å². The van der Waals surface area contributed by atoms with Crippen LogP contribution in [0.15, 0.2) is 77.7 Å². The van der Waals surface area contributed by atoms with Crippen molar-refractivity contribution in [3.8, 4) is 5.75 Å². The second-order valence-corrected chi connectivity index (χ2v) is 13.2. The van der Waals surface area contributed by atoms with E-state index in [1.165, 1.54) is 26.3 Å². The summed E-state index contributed by atoms with van der Waals surface area (Å²) in [6.45, 7) is 7.91. The van der Waals surface area contributed by atoms with Gasteiger partial charge >= 0.3 is 19.4 Å². The number of halogens is 1.